The van der Waals surface area contributed by atoms with Gasteiger partial charge in [-0.2, -0.15) is 0 Å². The number of aryl methyl sites for hydroxylation is 1. The largest absolute Gasteiger partial charge is 0.454 e. The maximum Gasteiger partial charge on any atom is 0.235 e. The van der Waals surface area contributed by atoms with E-state index in [-0.39, 0.29) is 12.7 Å². The van der Waals surface area contributed by atoms with Crippen molar-refractivity contribution in [3.05, 3.63) is 77.9 Å². The minimum Gasteiger partial charge on any atom is -0.454 e. The van der Waals surface area contributed by atoms with Crippen LogP contribution < -0.4 is 14.8 Å². The molecule has 2 aliphatic rings. The molecule has 3 aromatic carbocycles. The van der Waals surface area contributed by atoms with Gasteiger partial charge in [-0.3, -0.25) is 4.79 Å². The molecule has 1 fully saturated rings. The molecule has 5 rings (SSSR count). The van der Waals surface area contributed by atoms with Gasteiger partial charge in [0.2, 0.25) is 12.7 Å². The first-order valence-electron chi connectivity index (χ1n) is 9.53. The Bertz CT molecular complexity index is 1050. The third kappa shape index (κ3) is 2.82. The molecule has 4 nitrogen and oxygen atoms in total. The Labute approximate surface area is 164 Å². The van der Waals surface area contributed by atoms with Crippen molar-refractivity contribution in [3.63, 3.8) is 0 Å². The van der Waals surface area contributed by atoms with E-state index in [1.54, 1.807) is 0 Å². The zero-order valence-electron chi connectivity index (χ0n) is 15.7. The number of anilines is 1. The Kier molecular flexibility index (Phi) is 3.86. The summed E-state index contributed by atoms with van der Waals surface area (Å²) in [5.41, 5.74) is 4.80. The van der Waals surface area contributed by atoms with Crippen LogP contribution in [0.4, 0.5) is 5.69 Å². The Hall–Kier alpha value is -3.27. The van der Waals surface area contributed by atoms with E-state index in [1.807, 2.05) is 42.5 Å². The second kappa shape index (κ2) is 6.41. The molecular formula is C24H21NO3. The van der Waals surface area contributed by atoms with Gasteiger partial charge in [-0.25, -0.2) is 0 Å². The van der Waals surface area contributed by atoms with E-state index in [9.17, 15) is 4.79 Å². The van der Waals surface area contributed by atoms with E-state index in [2.05, 4.69) is 36.5 Å². The molecule has 0 bridgehead atoms. The summed E-state index contributed by atoms with van der Waals surface area (Å²) in [5, 5.41) is 3.14. The molecule has 28 heavy (non-hydrogen) atoms. The van der Waals surface area contributed by atoms with E-state index in [1.165, 1.54) is 5.56 Å². The van der Waals surface area contributed by atoms with E-state index in [0.29, 0.717) is 0 Å². The second-order valence-electron chi connectivity index (χ2n) is 7.50. The average Bonchev–Trinajstić information content (AvgIpc) is 3.41. The van der Waals surface area contributed by atoms with Crippen LogP contribution in [-0.2, 0) is 10.2 Å². The molecule has 140 valence electrons. The smallest absolute Gasteiger partial charge is 0.235 e. The standard InChI is InChI=1S/C24H21NO3/c1-16-7-9-19(14-20(16)17-5-3-2-4-6-17)25-23(26)24(11-12-24)18-8-10-21-22(13-18)28-15-27-21/h2-10,13-14H,11-12,15H2,1H3,(H,25,26). The van der Waals surface area contributed by atoms with Crippen LogP contribution in [0, 0.1) is 6.92 Å². The molecule has 0 radical (unpaired) electrons. The van der Waals surface area contributed by atoms with Crippen molar-refractivity contribution in [1.29, 1.82) is 0 Å². The number of fused-ring (bicyclic) bond motifs is 1. The molecule has 0 spiro atoms. The Morgan fingerprint density at radius 2 is 1.71 bits per heavy atom. The van der Waals surface area contributed by atoms with Gasteiger partial charge in [0.25, 0.3) is 0 Å². The fourth-order valence-corrected chi connectivity index (χ4v) is 3.85. The second-order valence-corrected chi connectivity index (χ2v) is 7.50. The Balaban J connectivity index is 1.41. The van der Waals surface area contributed by atoms with Crippen LogP contribution in [0.3, 0.4) is 0 Å². The molecule has 1 amide bonds. The van der Waals surface area contributed by atoms with Crippen LogP contribution in [-0.4, -0.2) is 12.7 Å². The third-order valence-corrected chi connectivity index (χ3v) is 5.69. The quantitative estimate of drug-likeness (QED) is 0.697. The lowest BCUT2D eigenvalue weighted by Gasteiger charge is -2.17. The first-order valence-corrected chi connectivity index (χ1v) is 9.53. The van der Waals surface area contributed by atoms with Gasteiger partial charge in [-0.05, 0) is 66.3 Å². The number of rotatable bonds is 4. The first-order chi connectivity index (χ1) is 13.7. The lowest BCUT2D eigenvalue weighted by Crippen LogP contribution is -2.27. The maximum absolute atomic E-state index is 13.1. The minimum absolute atomic E-state index is 0.0363. The molecule has 1 heterocycles. The number of carbonyl (C=O) groups excluding carboxylic acids is 1. The normalized spacial score (nSPS) is 15.9. The number of amides is 1. The summed E-state index contributed by atoms with van der Waals surface area (Å²) in [6, 6.07) is 22.1. The molecule has 1 aliphatic carbocycles. The molecule has 1 aliphatic heterocycles. The van der Waals surface area contributed by atoms with Crippen LogP contribution in [0.25, 0.3) is 11.1 Å². The van der Waals surface area contributed by atoms with Crippen LogP contribution in [0.1, 0.15) is 24.0 Å². The Morgan fingerprint density at radius 3 is 2.50 bits per heavy atom. The van der Waals surface area contributed by atoms with Crippen molar-refractivity contribution in [3.8, 4) is 22.6 Å². The lowest BCUT2D eigenvalue weighted by atomic mass is 9.94. The fraction of sp³-hybridized carbons (Fsp3) is 0.208. The van der Waals surface area contributed by atoms with Crippen LogP contribution in [0.2, 0.25) is 0 Å². The number of hydrogen-bond donors (Lipinski definition) is 1. The monoisotopic (exact) mass is 371 g/mol. The van der Waals surface area contributed by atoms with Crippen molar-refractivity contribution >= 4 is 11.6 Å². The summed E-state index contributed by atoms with van der Waals surface area (Å²) in [7, 11) is 0. The summed E-state index contributed by atoms with van der Waals surface area (Å²) >= 11 is 0. The predicted octanol–water partition coefficient (Wildman–Crippen LogP) is 5.06. The summed E-state index contributed by atoms with van der Waals surface area (Å²) in [6.45, 7) is 2.33. The molecule has 0 saturated heterocycles. The van der Waals surface area contributed by atoms with E-state index in [0.717, 1.165) is 46.7 Å². The lowest BCUT2D eigenvalue weighted by molar-refractivity contribution is -0.118. The van der Waals surface area contributed by atoms with Gasteiger partial charge in [-0.1, -0.05) is 42.5 Å². The third-order valence-electron chi connectivity index (χ3n) is 5.69. The van der Waals surface area contributed by atoms with Crippen LogP contribution >= 0.6 is 0 Å². The molecular weight excluding hydrogens is 350 g/mol. The molecule has 0 unspecified atom stereocenters. The zero-order valence-corrected chi connectivity index (χ0v) is 15.7. The highest BCUT2D eigenvalue weighted by atomic mass is 16.7. The summed E-state index contributed by atoms with van der Waals surface area (Å²) in [6.07, 6.45) is 1.69. The van der Waals surface area contributed by atoms with Crippen molar-refractivity contribution in [2.24, 2.45) is 0 Å². The average molecular weight is 371 g/mol. The molecule has 0 atom stereocenters. The number of benzene rings is 3. The van der Waals surface area contributed by atoms with Gasteiger partial charge in [-0.15, -0.1) is 0 Å². The number of nitrogens with one attached hydrogen (secondary N) is 1. The molecule has 0 aromatic heterocycles. The van der Waals surface area contributed by atoms with Crippen LogP contribution in [0.15, 0.2) is 66.7 Å². The van der Waals surface area contributed by atoms with Crippen molar-refractivity contribution in [2.75, 3.05) is 12.1 Å². The summed E-state index contributed by atoms with van der Waals surface area (Å²) < 4.78 is 10.9. The van der Waals surface area contributed by atoms with Crippen LogP contribution in [0.5, 0.6) is 11.5 Å². The number of ether oxygens (including phenoxy) is 2. The summed E-state index contributed by atoms with van der Waals surface area (Å²) in [5.74, 6) is 1.50. The zero-order chi connectivity index (χ0) is 19.1. The highest BCUT2D eigenvalue weighted by molar-refractivity contribution is 6.02. The highest BCUT2D eigenvalue weighted by Gasteiger charge is 2.51. The maximum atomic E-state index is 13.1. The van der Waals surface area contributed by atoms with Gasteiger partial charge in [0, 0.05) is 5.69 Å². The molecule has 3 aromatic rings. The van der Waals surface area contributed by atoms with E-state index < -0.39 is 5.41 Å². The van der Waals surface area contributed by atoms with E-state index in [4.69, 9.17) is 9.47 Å². The minimum atomic E-state index is -0.473. The fourth-order valence-electron chi connectivity index (χ4n) is 3.85. The number of hydrogen-bond acceptors (Lipinski definition) is 3. The van der Waals surface area contributed by atoms with Gasteiger partial charge < -0.3 is 14.8 Å². The topological polar surface area (TPSA) is 47.6 Å². The van der Waals surface area contributed by atoms with Crippen molar-refractivity contribution in [1.82, 2.24) is 0 Å². The molecule has 1 N–H and O–H groups in total. The van der Waals surface area contributed by atoms with Gasteiger partial charge in [0.15, 0.2) is 11.5 Å². The first kappa shape index (κ1) is 16.9. The van der Waals surface area contributed by atoms with Gasteiger partial charge in [0.05, 0.1) is 5.41 Å². The predicted molar refractivity (Wildman–Crippen MR) is 109 cm³/mol. The molecule has 4 heteroatoms. The van der Waals surface area contributed by atoms with Crippen molar-refractivity contribution in [2.45, 2.75) is 25.2 Å². The van der Waals surface area contributed by atoms with Gasteiger partial charge in [0.1, 0.15) is 0 Å². The summed E-state index contributed by atoms with van der Waals surface area (Å²) in [4.78, 5) is 13.1. The number of carbonyl (C=O) groups is 1. The SMILES string of the molecule is Cc1ccc(NC(=O)C2(c3ccc4c(c3)OCO4)CC2)cc1-c1ccccc1. The van der Waals surface area contributed by atoms with Gasteiger partial charge >= 0.3 is 0 Å². The van der Waals surface area contributed by atoms with Crippen molar-refractivity contribution < 1.29 is 14.3 Å². The Morgan fingerprint density at radius 1 is 0.929 bits per heavy atom. The molecule has 1 saturated carbocycles. The highest BCUT2D eigenvalue weighted by Crippen LogP contribution is 2.51. The van der Waals surface area contributed by atoms with E-state index >= 15 is 0 Å².